The number of carbonyl (C=O) groups is 1. The van der Waals surface area contributed by atoms with Crippen LogP contribution in [0.1, 0.15) is 17.0 Å². The SMILES string of the molecule is COC(=O)C1COc2c(C)cc(-c3ccc[nH]c3=O)cc21. The monoisotopic (exact) mass is 285 g/mol. The molecule has 21 heavy (non-hydrogen) atoms. The minimum absolute atomic E-state index is 0.162. The lowest BCUT2D eigenvalue weighted by Crippen LogP contribution is -2.15. The molecule has 0 saturated heterocycles. The van der Waals surface area contributed by atoms with Crippen LogP contribution in [-0.4, -0.2) is 24.7 Å². The number of pyridine rings is 1. The van der Waals surface area contributed by atoms with Crippen LogP contribution in [0, 0.1) is 6.92 Å². The van der Waals surface area contributed by atoms with Crippen LogP contribution in [-0.2, 0) is 9.53 Å². The topological polar surface area (TPSA) is 68.4 Å². The number of ether oxygens (including phenoxy) is 2. The summed E-state index contributed by atoms with van der Waals surface area (Å²) in [5, 5.41) is 0. The van der Waals surface area contributed by atoms with Crippen molar-refractivity contribution in [3.63, 3.8) is 0 Å². The van der Waals surface area contributed by atoms with Crippen molar-refractivity contribution >= 4 is 5.97 Å². The fraction of sp³-hybridized carbons (Fsp3) is 0.250. The fourth-order valence-electron chi connectivity index (χ4n) is 2.66. The lowest BCUT2D eigenvalue weighted by atomic mass is 9.94. The maximum atomic E-state index is 11.9. The lowest BCUT2D eigenvalue weighted by Gasteiger charge is -2.09. The zero-order valence-electron chi connectivity index (χ0n) is 11.8. The van der Waals surface area contributed by atoms with E-state index in [2.05, 4.69) is 4.98 Å². The summed E-state index contributed by atoms with van der Waals surface area (Å²) in [7, 11) is 1.36. The number of hydrogen-bond acceptors (Lipinski definition) is 4. The Bertz CT molecular complexity index is 763. The summed E-state index contributed by atoms with van der Waals surface area (Å²) in [6, 6.07) is 7.25. The van der Waals surface area contributed by atoms with Gasteiger partial charge in [-0.25, -0.2) is 0 Å². The predicted molar refractivity (Wildman–Crippen MR) is 77.5 cm³/mol. The number of aromatic amines is 1. The minimum atomic E-state index is -0.438. The third kappa shape index (κ3) is 2.20. The van der Waals surface area contributed by atoms with Crippen LogP contribution in [0.2, 0.25) is 0 Å². The Balaban J connectivity index is 2.15. The molecule has 0 aliphatic carbocycles. The summed E-state index contributed by atoms with van der Waals surface area (Å²) in [4.78, 5) is 26.4. The van der Waals surface area contributed by atoms with Crippen molar-refractivity contribution in [1.29, 1.82) is 0 Å². The van der Waals surface area contributed by atoms with Gasteiger partial charge in [0, 0.05) is 17.3 Å². The van der Waals surface area contributed by atoms with Crippen LogP contribution in [0.4, 0.5) is 0 Å². The van der Waals surface area contributed by atoms with Crippen molar-refractivity contribution in [3.05, 3.63) is 51.9 Å². The molecule has 0 radical (unpaired) electrons. The molecule has 0 bridgehead atoms. The number of benzene rings is 1. The Labute approximate surface area is 121 Å². The molecule has 0 saturated carbocycles. The summed E-state index contributed by atoms with van der Waals surface area (Å²) >= 11 is 0. The summed E-state index contributed by atoms with van der Waals surface area (Å²) in [6.07, 6.45) is 1.59. The van der Waals surface area contributed by atoms with E-state index in [9.17, 15) is 9.59 Å². The molecule has 0 fully saturated rings. The number of aromatic nitrogens is 1. The molecule has 2 heterocycles. The first-order chi connectivity index (χ1) is 10.1. The Morgan fingerprint density at radius 2 is 2.24 bits per heavy atom. The van der Waals surface area contributed by atoms with E-state index in [-0.39, 0.29) is 18.1 Å². The quantitative estimate of drug-likeness (QED) is 0.857. The molecule has 1 unspecified atom stereocenters. The van der Waals surface area contributed by atoms with Crippen LogP contribution in [0.3, 0.4) is 0 Å². The molecule has 1 atom stereocenters. The van der Waals surface area contributed by atoms with Crippen molar-refractivity contribution < 1.29 is 14.3 Å². The van der Waals surface area contributed by atoms with E-state index in [4.69, 9.17) is 9.47 Å². The molecule has 5 heteroatoms. The van der Waals surface area contributed by atoms with Crippen molar-refractivity contribution in [2.75, 3.05) is 13.7 Å². The number of rotatable bonds is 2. The average Bonchev–Trinajstić information content (AvgIpc) is 2.91. The Kier molecular flexibility index (Phi) is 3.25. The Morgan fingerprint density at radius 1 is 1.43 bits per heavy atom. The first-order valence-corrected chi connectivity index (χ1v) is 6.65. The van der Waals surface area contributed by atoms with Crippen molar-refractivity contribution in [3.8, 4) is 16.9 Å². The van der Waals surface area contributed by atoms with E-state index >= 15 is 0 Å². The van der Waals surface area contributed by atoms with Crippen molar-refractivity contribution in [2.24, 2.45) is 0 Å². The number of aryl methyl sites for hydroxylation is 1. The summed E-state index contributed by atoms with van der Waals surface area (Å²) in [6.45, 7) is 2.18. The van der Waals surface area contributed by atoms with Crippen LogP contribution >= 0.6 is 0 Å². The molecule has 1 aromatic heterocycles. The van der Waals surface area contributed by atoms with Crippen LogP contribution in [0.25, 0.3) is 11.1 Å². The Hall–Kier alpha value is -2.56. The molecule has 2 aromatic rings. The first kappa shape index (κ1) is 13.4. The molecule has 108 valence electrons. The van der Waals surface area contributed by atoms with E-state index in [0.29, 0.717) is 11.3 Å². The van der Waals surface area contributed by atoms with Crippen molar-refractivity contribution in [1.82, 2.24) is 4.98 Å². The third-order valence-electron chi connectivity index (χ3n) is 3.69. The van der Waals surface area contributed by atoms with Crippen molar-refractivity contribution in [2.45, 2.75) is 12.8 Å². The van der Waals surface area contributed by atoms with E-state index in [1.807, 2.05) is 19.1 Å². The number of esters is 1. The van der Waals surface area contributed by atoms with E-state index in [0.717, 1.165) is 16.7 Å². The van der Waals surface area contributed by atoms with E-state index < -0.39 is 5.92 Å². The molecule has 3 rings (SSSR count). The van der Waals surface area contributed by atoms with E-state index in [1.165, 1.54) is 7.11 Å². The molecule has 1 aliphatic rings. The lowest BCUT2D eigenvalue weighted by molar-refractivity contribution is -0.142. The largest absolute Gasteiger partial charge is 0.492 e. The van der Waals surface area contributed by atoms with Gasteiger partial charge in [0.2, 0.25) is 0 Å². The summed E-state index contributed by atoms with van der Waals surface area (Å²) in [5.41, 5.74) is 2.86. The molecule has 1 N–H and O–H groups in total. The zero-order valence-corrected chi connectivity index (χ0v) is 11.8. The standard InChI is InChI=1S/C16H15NO4/c1-9-6-10(11-4-3-5-17-15(11)18)7-12-13(16(19)20-2)8-21-14(9)12/h3-7,13H,8H2,1-2H3,(H,17,18). The van der Waals surface area contributed by atoms with Gasteiger partial charge in [0.05, 0.1) is 7.11 Å². The van der Waals surface area contributed by atoms with Gasteiger partial charge in [-0.05, 0) is 42.3 Å². The first-order valence-electron chi connectivity index (χ1n) is 6.65. The molecule has 0 amide bonds. The third-order valence-corrected chi connectivity index (χ3v) is 3.69. The van der Waals surface area contributed by atoms with Gasteiger partial charge in [-0.15, -0.1) is 0 Å². The number of hydrogen-bond donors (Lipinski definition) is 1. The number of fused-ring (bicyclic) bond motifs is 1. The summed E-state index contributed by atoms with van der Waals surface area (Å²) < 4.78 is 10.4. The highest BCUT2D eigenvalue weighted by Crippen LogP contribution is 2.39. The van der Waals surface area contributed by atoms with Crippen LogP contribution in [0.5, 0.6) is 5.75 Å². The number of carbonyl (C=O) groups excluding carboxylic acids is 1. The predicted octanol–water partition coefficient (Wildman–Crippen LogP) is 2.00. The number of methoxy groups -OCH3 is 1. The second-order valence-corrected chi connectivity index (χ2v) is 5.01. The maximum absolute atomic E-state index is 11.9. The molecule has 0 spiro atoms. The number of H-pyrrole nitrogens is 1. The number of nitrogens with one attached hydrogen (secondary N) is 1. The second-order valence-electron chi connectivity index (χ2n) is 5.01. The molecular weight excluding hydrogens is 270 g/mol. The van der Waals surface area contributed by atoms with E-state index in [1.54, 1.807) is 18.3 Å². The van der Waals surface area contributed by atoms with Gasteiger partial charge in [-0.3, -0.25) is 9.59 Å². The highest BCUT2D eigenvalue weighted by Gasteiger charge is 2.32. The molecular formula is C16H15NO4. The van der Waals surface area contributed by atoms with Gasteiger partial charge in [-0.1, -0.05) is 0 Å². The van der Waals surface area contributed by atoms with Gasteiger partial charge < -0.3 is 14.5 Å². The highest BCUT2D eigenvalue weighted by atomic mass is 16.5. The smallest absolute Gasteiger partial charge is 0.316 e. The summed E-state index contributed by atoms with van der Waals surface area (Å²) in [5.74, 6) is -0.0553. The van der Waals surface area contributed by atoms with Crippen LogP contribution < -0.4 is 10.3 Å². The van der Waals surface area contributed by atoms with Crippen LogP contribution in [0.15, 0.2) is 35.3 Å². The molecule has 5 nitrogen and oxygen atoms in total. The molecule has 1 aliphatic heterocycles. The van der Waals surface area contributed by atoms with Gasteiger partial charge in [-0.2, -0.15) is 0 Å². The fourth-order valence-corrected chi connectivity index (χ4v) is 2.66. The Morgan fingerprint density at radius 3 is 2.95 bits per heavy atom. The van der Waals surface area contributed by atoms with Gasteiger partial charge in [0.15, 0.2) is 0 Å². The molecule has 1 aromatic carbocycles. The second kappa shape index (κ2) is 5.09. The average molecular weight is 285 g/mol. The normalized spacial score (nSPS) is 16.2. The van der Waals surface area contributed by atoms with Gasteiger partial charge >= 0.3 is 5.97 Å². The van der Waals surface area contributed by atoms with Gasteiger partial charge in [0.1, 0.15) is 18.3 Å². The zero-order chi connectivity index (χ0) is 15.0. The highest BCUT2D eigenvalue weighted by molar-refractivity contribution is 5.82. The van der Waals surface area contributed by atoms with Gasteiger partial charge in [0.25, 0.3) is 5.56 Å². The maximum Gasteiger partial charge on any atom is 0.316 e. The minimum Gasteiger partial charge on any atom is -0.492 e.